The third-order valence-corrected chi connectivity index (χ3v) is 5.39. The topological polar surface area (TPSA) is 59.8 Å². The lowest BCUT2D eigenvalue weighted by molar-refractivity contribution is 0.105. The number of nitrogens with two attached hydrogens (primary N) is 1. The van der Waals surface area contributed by atoms with Crippen molar-refractivity contribution in [1.29, 1.82) is 0 Å². The normalized spacial score (nSPS) is 25.2. The highest BCUT2D eigenvalue weighted by Gasteiger charge is 2.44. The lowest BCUT2D eigenvalue weighted by Gasteiger charge is -2.26. The number of fused-ring (bicyclic) bond motifs is 3. The molecule has 1 aromatic carbocycles. The van der Waals surface area contributed by atoms with Gasteiger partial charge in [-0.15, -0.1) is 0 Å². The second kappa shape index (κ2) is 6.67. The SMILES string of the molecule is NCCOCCOc1ccc2c3c1[C@H]1CCC[C@H]1N3CCNC2. The summed E-state index contributed by atoms with van der Waals surface area (Å²) >= 11 is 0. The van der Waals surface area contributed by atoms with E-state index in [1.165, 1.54) is 36.1 Å². The van der Waals surface area contributed by atoms with Crippen molar-refractivity contribution in [2.75, 3.05) is 44.4 Å². The quantitative estimate of drug-likeness (QED) is 0.781. The number of nitrogens with zero attached hydrogens (tertiary/aromatic N) is 1. The van der Waals surface area contributed by atoms with Crippen LogP contribution in [-0.2, 0) is 11.3 Å². The van der Waals surface area contributed by atoms with E-state index in [4.69, 9.17) is 15.2 Å². The molecule has 0 radical (unpaired) electrons. The maximum atomic E-state index is 6.10. The molecule has 3 N–H and O–H groups in total. The standard InChI is InChI=1S/C18H27N3O2/c19-6-9-22-10-11-23-16-5-4-13-12-20-7-8-21-15-3-1-2-14(15)17(16)18(13)21/h4-5,14-15,20H,1-3,6-12,19H2/t14-,15+/m0/s1. The highest BCUT2D eigenvalue weighted by atomic mass is 16.5. The summed E-state index contributed by atoms with van der Waals surface area (Å²) in [5.74, 6) is 1.73. The lowest BCUT2D eigenvalue weighted by Crippen LogP contribution is -2.35. The third-order valence-electron chi connectivity index (χ3n) is 5.39. The van der Waals surface area contributed by atoms with Gasteiger partial charge in [0.15, 0.2) is 0 Å². The van der Waals surface area contributed by atoms with Crippen molar-refractivity contribution in [3.63, 3.8) is 0 Å². The Kier molecular flexibility index (Phi) is 4.42. The summed E-state index contributed by atoms with van der Waals surface area (Å²) in [6, 6.07) is 5.09. The fourth-order valence-corrected chi connectivity index (χ4v) is 4.51. The van der Waals surface area contributed by atoms with Gasteiger partial charge in [-0.1, -0.05) is 12.5 Å². The van der Waals surface area contributed by atoms with Crippen molar-refractivity contribution in [2.45, 2.75) is 37.8 Å². The minimum absolute atomic E-state index is 0.565. The fourth-order valence-electron chi connectivity index (χ4n) is 4.51. The van der Waals surface area contributed by atoms with Gasteiger partial charge in [-0.25, -0.2) is 0 Å². The molecule has 2 heterocycles. The first-order valence-corrected chi connectivity index (χ1v) is 8.94. The van der Waals surface area contributed by atoms with Crippen LogP contribution in [0.5, 0.6) is 5.75 Å². The van der Waals surface area contributed by atoms with Crippen molar-refractivity contribution >= 4 is 5.69 Å². The van der Waals surface area contributed by atoms with Gasteiger partial charge >= 0.3 is 0 Å². The number of hydrogen-bond acceptors (Lipinski definition) is 5. The zero-order valence-corrected chi connectivity index (χ0v) is 13.7. The van der Waals surface area contributed by atoms with Crippen LogP contribution in [0.4, 0.5) is 5.69 Å². The largest absolute Gasteiger partial charge is 0.491 e. The fraction of sp³-hybridized carbons (Fsp3) is 0.667. The molecule has 1 aromatic rings. The van der Waals surface area contributed by atoms with E-state index in [9.17, 15) is 0 Å². The van der Waals surface area contributed by atoms with Crippen LogP contribution in [0.1, 0.15) is 36.3 Å². The second-order valence-corrected chi connectivity index (χ2v) is 6.71. The minimum Gasteiger partial charge on any atom is -0.491 e. The van der Waals surface area contributed by atoms with Crippen LogP contribution < -0.4 is 20.7 Å². The summed E-state index contributed by atoms with van der Waals surface area (Å²) in [6.45, 7) is 5.53. The average Bonchev–Trinajstić information content (AvgIpc) is 3.07. The van der Waals surface area contributed by atoms with E-state index in [2.05, 4.69) is 22.3 Å². The Morgan fingerprint density at radius 2 is 2.17 bits per heavy atom. The predicted octanol–water partition coefficient (Wildman–Crippen LogP) is 1.60. The van der Waals surface area contributed by atoms with E-state index < -0.39 is 0 Å². The summed E-state index contributed by atoms with van der Waals surface area (Å²) in [5, 5.41) is 3.55. The summed E-state index contributed by atoms with van der Waals surface area (Å²) in [5.41, 5.74) is 9.80. The molecule has 4 rings (SSSR count). The molecular formula is C18H27N3O2. The van der Waals surface area contributed by atoms with E-state index >= 15 is 0 Å². The number of ether oxygens (including phenoxy) is 2. The van der Waals surface area contributed by atoms with E-state index in [-0.39, 0.29) is 0 Å². The highest BCUT2D eigenvalue weighted by molar-refractivity contribution is 5.71. The predicted molar refractivity (Wildman–Crippen MR) is 91.2 cm³/mol. The number of hydrogen-bond donors (Lipinski definition) is 2. The number of rotatable bonds is 6. The van der Waals surface area contributed by atoms with Crippen molar-refractivity contribution in [3.05, 3.63) is 23.3 Å². The molecule has 5 heteroatoms. The van der Waals surface area contributed by atoms with Gasteiger partial charge < -0.3 is 25.4 Å². The molecule has 1 saturated carbocycles. The Morgan fingerprint density at radius 3 is 3.09 bits per heavy atom. The first-order chi connectivity index (χ1) is 11.4. The first kappa shape index (κ1) is 15.2. The third kappa shape index (κ3) is 2.71. The van der Waals surface area contributed by atoms with Gasteiger partial charge in [-0.05, 0) is 24.5 Å². The van der Waals surface area contributed by atoms with Crippen LogP contribution in [0, 0.1) is 0 Å². The van der Waals surface area contributed by atoms with Crippen LogP contribution >= 0.6 is 0 Å². The molecule has 0 aromatic heterocycles. The summed E-state index contributed by atoms with van der Waals surface area (Å²) in [4.78, 5) is 2.65. The van der Waals surface area contributed by atoms with Crippen LogP contribution in [-0.4, -0.2) is 45.5 Å². The maximum absolute atomic E-state index is 6.10. The average molecular weight is 317 g/mol. The smallest absolute Gasteiger partial charge is 0.125 e. The summed E-state index contributed by atoms with van der Waals surface area (Å²) < 4.78 is 11.5. The highest BCUT2D eigenvalue weighted by Crippen LogP contribution is 2.54. The Balaban J connectivity index is 1.59. The maximum Gasteiger partial charge on any atom is 0.125 e. The van der Waals surface area contributed by atoms with Crippen LogP contribution in [0.2, 0.25) is 0 Å². The van der Waals surface area contributed by atoms with Gasteiger partial charge in [0.05, 0.1) is 13.2 Å². The minimum atomic E-state index is 0.565. The molecular weight excluding hydrogens is 290 g/mol. The van der Waals surface area contributed by atoms with Crippen LogP contribution in [0.25, 0.3) is 0 Å². The van der Waals surface area contributed by atoms with Gasteiger partial charge in [0.2, 0.25) is 0 Å². The van der Waals surface area contributed by atoms with Crippen molar-refractivity contribution in [2.24, 2.45) is 5.73 Å². The second-order valence-electron chi connectivity index (χ2n) is 6.71. The molecule has 0 saturated heterocycles. The molecule has 2 atom stereocenters. The molecule has 0 amide bonds. The Bertz CT molecular complexity index is 563. The Morgan fingerprint density at radius 1 is 1.22 bits per heavy atom. The summed E-state index contributed by atoms with van der Waals surface area (Å²) in [7, 11) is 0. The van der Waals surface area contributed by atoms with Crippen LogP contribution in [0.15, 0.2) is 12.1 Å². The molecule has 0 spiro atoms. The van der Waals surface area contributed by atoms with E-state index in [1.807, 2.05) is 0 Å². The molecule has 1 aliphatic carbocycles. The lowest BCUT2D eigenvalue weighted by atomic mass is 9.95. The van der Waals surface area contributed by atoms with Crippen molar-refractivity contribution in [3.8, 4) is 5.75 Å². The van der Waals surface area contributed by atoms with Gasteiger partial charge in [0, 0.05) is 49.4 Å². The van der Waals surface area contributed by atoms with E-state index in [1.54, 1.807) is 0 Å². The molecule has 0 unspecified atom stereocenters. The number of anilines is 1. The molecule has 5 nitrogen and oxygen atoms in total. The first-order valence-electron chi connectivity index (χ1n) is 8.94. The Labute approximate surface area is 138 Å². The number of nitrogens with one attached hydrogen (secondary N) is 1. The molecule has 23 heavy (non-hydrogen) atoms. The van der Waals surface area contributed by atoms with E-state index in [0.29, 0.717) is 38.3 Å². The molecule has 3 aliphatic rings. The zero-order valence-electron chi connectivity index (χ0n) is 13.7. The monoisotopic (exact) mass is 317 g/mol. The molecule has 2 aliphatic heterocycles. The molecule has 0 bridgehead atoms. The summed E-state index contributed by atoms with van der Waals surface area (Å²) in [6.07, 6.45) is 3.95. The van der Waals surface area contributed by atoms with E-state index in [0.717, 1.165) is 25.4 Å². The van der Waals surface area contributed by atoms with Gasteiger partial charge in [0.25, 0.3) is 0 Å². The zero-order chi connectivity index (χ0) is 15.6. The van der Waals surface area contributed by atoms with Crippen molar-refractivity contribution < 1.29 is 9.47 Å². The van der Waals surface area contributed by atoms with Crippen molar-refractivity contribution in [1.82, 2.24) is 5.32 Å². The van der Waals surface area contributed by atoms with Gasteiger partial charge in [0.1, 0.15) is 12.4 Å². The van der Waals surface area contributed by atoms with Crippen LogP contribution in [0.3, 0.4) is 0 Å². The Hall–Kier alpha value is -1.30. The molecule has 1 fully saturated rings. The number of benzene rings is 1. The van der Waals surface area contributed by atoms with Gasteiger partial charge in [-0.2, -0.15) is 0 Å². The van der Waals surface area contributed by atoms with Gasteiger partial charge in [-0.3, -0.25) is 0 Å². The molecule has 126 valence electrons.